The summed E-state index contributed by atoms with van der Waals surface area (Å²) < 4.78 is 0. The van der Waals surface area contributed by atoms with Crippen molar-refractivity contribution in [3.05, 3.63) is 277 Å². The van der Waals surface area contributed by atoms with Crippen LogP contribution in [0.15, 0.2) is 121 Å². The van der Waals surface area contributed by atoms with Crippen LogP contribution in [-0.2, 0) is 130 Å². The summed E-state index contributed by atoms with van der Waals surface area (Å²) in [6, 6.07) is 33.7. The second-order valence-electron chi connectivity index (χ2n) is 27.5. The minimum absolute atomic E-state index is 0.0505. The van der Waals surface area contributed by atoms with E-state index in [0.29, 0.717) is 108 Å². The Labute approximate surface area is 647 Å². The summed E-state index contributed by atoms with van der Waals surface area (Å²) in [5.41, 5.74) is 15.4. The largest absolute Gasteiger partial charge is 0.507 e. The zero-order valence-electron chi connectivity index (χ0n) is 63.1. The van der Waals surface area contributed by atoms with Gasteiger partial charge in [0.25, 0.3) is 0 Å². The third-order valence-corrected chi connectivity index (χ3v) is 19.1. The van der Waals surface area contributed by atoms with Crippen molar-refractivity contribution in [2.24, 2.45) is 0 Å². The molecule has 602 valence electrons. The number of aromatic hydroxyl groups is 10. The molecule has 26 heteroatoms. The summed E-state index contributed by atoms with van der Waals surface area (Å²) in [6.07, 6.45) is 1.32. The van der Waals surface area contributed by atoms with Crippen LogP contribution in [0.25, 0.3) is 11.1 Å². The molecule has 10 rings (SSSR count). The van der Waals surface area contributed by atoms with Crippen molar-refractivity contribution < 1.29 is 133 Å². The number of aliphatic hydroxyl groups excluding tert-OH is 16. The van der Waals surface area contributed by atoms with Crippen LogP contribution in [0.4, 0.5) is 0 Å². The fraction of sp³-hybridized carbons (Fsp3) is 0.302. The second-order valence-corrected chi connectivity index (χ2v) is 27.5. The number of benzene rings is 10. The van der Waals surface area contributed by atoms with Gasteiger partial charge in [0.15, 0.2) is 0 Å². The monoisotopic (exact) mass is 1550 g/mol. The van der Waals surface area contributed by atoms with E-state index in [-0.39, 0.29) is 159 Å². The van der Waals surface area contributed by atoms with Gasteiger partial charge in [-0.2, -0.15) is 0 Å². The molecule has 26 nitrogen and oxygen atoms in total. The maximum atomic E-state index is 10.2. The molecule has 0 heterocycles. The van der Waals surface area contributed by atoms with E-state index in [2.05, 4.69) is 0 Å². The van der Waals surface area contributed by atoms with E-state index in [9.17, 15) is 133 Å². The van der Waals surface area contributed by atoms with Gasteiger partial charge in [-0.15, -0.1) is 0 Å². The first-order chi connectivity index (χ1) is 53.3. The normalized spacial score (nSPS) is 11.1. The molecule has 0 aromatic heterocycles. The number of hydrogen-bond donors (Lipinski definition) is 26. The molecule has 0 aliphatic rings. The lowest BCUT2D eigenvalue weighted by atomic mass is 9.76. The molecular formula is C86H102O26. The minimum Gasteiger partial charge on any atom is -0.507 e. The van der Waals surface area contributed by atoms with Gasteiger partial charge in [-0.25, -0.2) is 0 Å². The van der Waals surface area contributed by atoms with Gasteiger partial charge < -0.3 is 133 Å². The molecule has 10 aromatic carbocycles. The smallest absolute Gasteiger partial charge is 0.126 e. The van der Waals surface area contributed by atoms with Gasteiger partial charge in [0, 0.05) is 101 Å². The van der Waals surface area contributed by atoms with Crippen LogP contribution in [0.1, 0.15) is 170 Å². The molecular weight excluding hydrogens is 1450 g/mol. The van der Waals surface area contributed by atoms with E-state index in [1.807, 2.05) is 52.0 Å². The van der Waals surface area contributed by atoms with Crippen molar-refractivity contribution in [1.29, 1.82) is 0 Å². The van der Waals surface area contributed by atoms with Crippen LogP contribution in [0.5, 0.6) is 57.5 Å². The summed E-state index contributed by atoms with van der Waals surface area (Å²) in [5, 5.41) is 249. The molecule has 0 spiro atoms. The Morgan fingerprint density at radius 1 is 0.188 bits per heavy atom. The van der Waals surface area contributed by atoms with E-state index >= 15 is 0 Å². The Morgan fingerprint density at radius 3 is 0.562 bits per heavy atom. The molecule has 0 bridgehead atoms. The van der Waals surface area contributed by atoms with Gasteiger partial charge in [0.2, 0.25) is 0 Å². The molecule has 26 N–H and O–H groups in total. The highest BCUT2D eigenvalue weighted by atomic mass is 16.3. The number of aryl methyl sites for hydroxylation is 4. The number of aliphatic hydroxyl groups is 16. The maximum Gasteiger partial charge on any atom is 0.126 e. The Bertz CT molecular complexity index is 4420. The number of rotatable bonds is 25. The molecule has 0 unspecified atom stereocenters. The van der Waals surface area contributed by atoms with Gasteiger partial charge in [-0.3, -0.25) is 0 Å². The SMILES string of the molecule is CC(C)(c1cc(CO)c(O)c(CO)c1)c1cc(CO)c(O)c(CO)c1.Cc1cc(CO)c(O)c(Cc2cc(C)cc(CO)c2O)c1.Cc1cc(Cc2cc(C)c(O)c(CO)c2)cc(CO)c1O.OCc1cc(-c2cc(CO)c(O)c(CO)c2)cc(CO)c1O.OCc1cc(Cc2cc(CO)c(O)c(CO)c2)cc(CO)c1O. The fourth-order valence-electron chi connectivity index (χ4n) is 12.9. The summed E-state index contributed by atoms with van der Waals surface area (Å²) >= 11 is 0. The molecule has 0 fully saturated rings. The quantitative estimate of drug-likeness (QED) is 0.0265. The van der Waals surface area contributed by atoms with E-state index < -0.39 is 31.8 Å². The molecule has 0 saturated carbocycles. The Hall–Kier alpha value is -10.4. The molecule has 0 aliphatic carbocycles. The van der Waals surface area contributed by atoms with Gasteiger partial charge in [-0.1, -0.05) is 61.4 Å². The summed E-state index contributed by atoms with van der Waals surface area (Å²) in [6.45, 7) is 5.76. The van der Waals surface area contributed by atoms with Crippen LogP contribution >= 0.6 is 0 Å². The van der Waals surface area contributed by atoms with Crippen LogP contribution < -0.4 is 0 Å². The predicted octanol–water partition coefficient (Wildman–Crippen LogP) is 7.36. The highest BCUT2D eigenvalue weighted by molar-refractivity contribution is 5.71. The minimum atomic E-state index is -0.636. The van der Waals surface area contributed by atoms with Gasteiger partial charge in [0.05, 0.1) is 106 Å². The molecule has 0 atom stereocenters. The predicted molar refractivity (Wildman–Crippen MR) is 414 cm³/mol. The highest BCUT2D eigenvalue weighted by Crippen LogP contribution is 2.41. The zero-order chi connectivity index (χ0) is 83.2. The molecule has 112 heavy (non-hydrogen) atoms. The summed E-state index contributed by atoms with van der Waals surface area (Å²) in [5.74, 6) is -0.519. The van der Waals surface area contributed by atoms with E-state index in [1.165, 1.54) is 0 Å². The highest BCUT2D eigenvalue weighted by Gasteiger charge is 2.28. The Morgan fingerprint density at radius 2 is 0.348 bits per heavy atom. The van der Waals surface area contributed by atoms with Gasteiger partial charge >= 0.3 is 0 Å². The fourth-order valence-corrected chi connectivity index (χ4v) is 12.9. The Balaban J connectivity index is 0.000000219. The lowest BCUT2D eigenvalue weighted by molar-refractivity contribution is 0.262. The lowest BCUT2D eigenvalue weighted by Crippen LogP contribution is -2.20. The molecule has 10 aromatic rings. The zero-order valence-corrected chi connectivity index (χ0v) is 63.1. The molecule has 0 saturated heterocycles. The number of hydrogen-bond acceptors (Lipinski definition) is 26. The first kappa shape index (κ1) is 90.4. The van der Waals surface area contributed by atoms with Crippen molar-refractivity contribution >= 4 is 0 Å². The molecule has 0 amide bonds. The average Bonchev–Trinajstić information content (AvgIpc) is 0.766. The topological polar surface area (TPSA) is 526 Å². The van der Waals surface area contributed by atoms with Crippen LogP contribution in [0.3, 0.4) is 0 Å². The van der Waals surface area contributed by atoms with Crippen molar-refractivity contribution in [2.45, 2.75) is 172 Å². The first-order valence-corrected chi connectivity index (χ1v) is 35.4. The standard InChI is InChI=1S/C19H24O6.C17H20O6.2C17H20O4.C16H18O6/c1-19(2,15-3-11(7-20)17(24)12(4-15)8-21)16-5-13(9-22)18(25)14(6-16)10-23;18-6-12-2-10(3-13(7-19)16(12)22)1-11-4-14(8-20)17(23)15(5-11)9-21;1-10-3-12(6-14(8-18)16(10)20)5-13-4-11(2)17(21)15(7-13)9-19;1-10-3-12(16(20)14(5-10)8-18)7-13-4-11(2)6-15(9-19)17(13)21;17-5-11-1-9(2-12(6-18)15(11)21)10-3-13(7-19)16(22)14(4-10)8-20/h3-6,20-25H,7-10H2,1-2H3;2-5,18-23H,1,6-9H2;3-4,6-7,18-21H,5,8-9H2,1-2H3;3-6,18-21H,7-9H2,1-2H3;1-4,17-22H,5-8H2. The van der Waals surface area contributed by atoms with E-state index in [1.54, 1.807) is 111 Å². The number of phenols is 10. The van der Waals surface area contributed by atoms with Gasteiger partial charge in [-0.05, 0) is 192 Å². The van der Waals surface area contributed by atoms with Crippen molar-refractivity contribution in [3.63, 3.8) is 0 Å². The molecule has 0 radical (unpaired) electrons. The van der Waals surface area contributed by atoms with Gasteiger partial charge in [0.1, 0.15) is 57.5 Å². The van der Waals surface area contributed by atoms with E-state index in [4.69, 9.17) is 0 Å². The second kappa shape index (κ2) is 41.7. The van der Waals surface area contributed by atoms with Crippen molar-refractivity contribution in [1.82, 2.24) is 0 Å². The van der Waals surface area contributed by atoms with Crippen LogP contribution in [0.2, 0.25) is 0 Å². The average molecular weight is 1550 g/mol. The van der Waals surface area contributed by atoms with Crippen LogP contribution in [0, 0.1) is 27.7 Å². The summed E-state index contributed by atoms with van der Waals surface area (Å²) in [7, 11) is 0. The first-order valence-electron chi connectivity index (χ1n) is 35.4. The Kier molecular flexibility index (Phi) is 33.7. The lowest BCUT2D eigenvalue weighted by Gasteiger charge is -2.29. The van der Waals surface area contributed by atoms with E-state index in [0.717, 1.165) is 55.6 Å². The van der Waals surface area contributed by atoms with Crippen LogP contribution in [-0.4, -0.2) is 133 Å². The summed E-state index contributed by atoms with van der Waals surface area (Å²) in [4.78, 5) is 0. The maximum absolute atomic E-state index is 10.2. The molecule has 0 aliphatic heterocycles. The van der Waals surface area contributed by atoms with Crippen molar-refractivity contribution in [3.8, 4) is 68.6 Å². The third kappa shape index (κ3) is 22.0. The third-order valence-electron chi connectivity index (χ3n) is 19.1. The van der Waals surface area contributed by atoms with Crippen molar-refractivity contribution in [2.75, 3.05) is 0 Å².